The topological polar surface area (TPSA) is 79.0 Å². The summed E-state index contributed by atoms with van der Waals surface area (Å²) in [5, 5.41) is 3.08. The molecule has 154 valence electrons. The monoisotopic (exact) mass is 415 g/mol. The summed E-state index contributed by atoms with van der Waals surface area (Å²) in [5.74, 6) is 0.619. The lowest BCUT2D eigenvalue weighted by atomic mass is 10.1. The number of para-hydroxylation sites is 1. The third-order valence-corrected chi connectivity index (χ3v) is 7.52. The van der Waals surface area contributed by atoms with Crippen molar-refractivity contribution in [1.82, 2.24) is 9.62 Å². The molecule has 29 heavy (non-hydrogen) atoms. The molecule has 2 amide bonds. The molecule has 4 rings (SSSR count). The van der Waals surface area contributed by atoms with E-state index in [0.29, 0.717) is 38.2 Å². The fourth-order valence-electron chi connectivity index (χ4n) is 3.94. The lowest BCUT2D eigenvalue weighted by molar-refractivity contribution is 0.233. The molecule has 0 radical (unpaired) electrons. The summed E-state index contributed by atoms with van der Waals surface area (Å²) >= 11 is 0. The Balaban J connectivity index is 1.35. The van der Waals surface area contributed by atoms with Gasteiger partial charge in [-0.1, -0.05) is 18.2 Å². The molecular weight excluding hydrogens is 390 g/mol. The van der Waals surface area contributed by atoms with Crippen LogP contribution in [-0.4, -0.2) is 51.5 Å². The van der Waals surface area contributed by atoms with E-state index in [1.807, 2.05) is 24.3 Å². The van der Waals surface area contributed by atoms with Crippen LogP contribution in [-0.2, 0) is 16.4 Å². The molecule has 0 unspecified atom stereocenters. The van der Waals surface area contributed by atoms with Gasteiger partial charge >= 0.3 is 6.03 Å². The van der Waals surface area contributed by atoms with Crippen molar-refractivity contribution in [1.29, 1.82) is 0 Å². The van der Waals surface area contributed by atoms with Gasteiger partial charge < -0.3 is 10.1 Å². The van der Waals surface area contributed by atoms with Crippen molar-refractivity contribution in [2.24, 2.45) is 0 Å². The largest absolute Gasteiger partial charge is 0.497 e. The van der Waals surface area contributed by atoms with E-state index in [-0.39, 0.29) is 17.0 Å². The quantitative estimate of drug-likeness (QED) is 0.833. The first-order valence-electron chi connectivity index (χ1n) is 9.79. The van der Waals surface area contributed by atoms with Gasteiger partial charge in [0.1, 0.15) is 5.75 Å². The highest BCUT2D eigenvalue weighted by molar-refractivity contribution is 7.89. The van der Waals surface area contributed by atoms with Crippen molar-refractivity contribution in [2.45, 2.75) is 30.2 Å². The van der Waals surface area contributed by atoms with Gasteiger partial charge in [0.2, 0.25) is 10.0 Å². The summed E-state index contributed by atoms with van der Waals surface area (Å²) in [4.78, 5) is 14.7. The van der Waals surface area contributed by atoms with E-state index in [9.17, 15) is 13.2 Å². The highest BCUT2D eigenvalue weighted by atomic mass is 32.2. The number of carbonyl (C=O) groups is 1. The third-order valence-electron chi connectivity index (χ3n) is 5.61. The Kier molecular flexibility index (Phi) is 5.47. The van der Waals surface area contributed by atoms with Crippen LogP contribution in [0.4, 0.5) is 10.5 Å². The molecule has 2 aromatic rings. The lowest BCUT2D eigenvalue weighted by Gasteiger charge is -2.32. The second-order valence-electron chi connectivity index (χ2n) is 7.33. The number of nitrogens with zero attached hydrogens (tertiary/aromatic N) is 2. The molecule has 8 heteroatoms. The van der Waals surface area contributed by atoms with E-state index >= 15 is 0 Å². The Hall–Kier alpha value is -2.58. The number of ether oxygens (including phenoxy) is 1. The first-order valence-corrected chi connectivity index (χ1v) is 11.2. The predicted octanol–water partition coefficient (Wildman–Crippen LogP) is 2.62. The zero-order valence-electron chi connectivity index (χ0n) is 16.4. The second kappa shape index (κ2) is 8.04. The number of piperidine rings is 1. The summed E-state index contributed by atoms with van der Waals surface area (Å²) in [6.07, 6.45) is 2.05. The Labute approximate surface area is 171 Å². The lowest BCUT2D eigenvalue weighted by Crippen LogP contribution is -2.50. The molecule has 1 fully saturated rings. The van der Waals surface area contributed by atoms with Gasteiger partial charge in [0.05, 0.1) is 12.0 Å². The van der Waals surface area contributed by atoms with Crippen molar-refractivity contribution >= 4 is 21.7 Å². The average molecular weight is 416 g/mol. The third kappa shape index (κ3) is 3.95. The minimum absolute atomic E-state index is 0.0300. The summed E-state index contributed by atoms with van der Waals surface area (Å²) in [7, 11) is -1.99. The number of hydrogen-bond donors (Lipinski definition) is 1. The second-order valence-corrected chi connectivity index (χ2v) is 9.27. The summed E-state index contributed by atoms with van der Waals surface area (Å²) in [5.41, 5.74) is 2.15. The molecule has 7 nitrogen and oxygen atoms in total. The van der Waals surface area contributed by atoms with E-state index in [4.69, 9.17) is 4.74 Å². The zero-order chi connectivity index (χ0) is 20.4. The summed E-state index contributed by atoms with van der Waals surface area (Å²) in [6, 6.07) is 14.2. The number of hydrogen-bond acceptors (Lipinski definition) is 4. The van der Waals surface area contributed by atoms with Gasteiger partial charge in [0, 0.05) is 31.4 Å². The van der Waals surface area contributed by atoms with Crippen LogP contribution < -0.4 is 15.0 Å². The van der Waals surface area contributed by atoms with Gasteiger partial charge in [-0.25, -0.2) is 13.2 Å². The molecular formula is C21H25N3O4S. The molecule has 0 atom stereocenters. The van der Waals surface area contributed by atoms with Crippen LogP contribution in [0, 0.1) is 0 Å². The Morgan fingerprint density at radius 3 is 2.41 bits per heavy atom. The van der Waals surface area contributed by atoms with E-state index in [2.05, 4.69) is 5.32 Å². The van der Waals surface area contributed by atoms with Crippen LogP contribution >= 0.6 is 0 Å². The SMILES string of the molecule is COc1ccc(S(=O)(=O)N2CCC(NC(=O)N3CCc4ccccc43)CC2)cc1. The van der Waals surface area contributed by atoms with Crippen LogP contribution in [0.5, 0.6) is 5.75 Å². The maximum atomic E-state index is 12.9. The van der Waals surface area contributed by atoms with Gasteiger partial charge in [-0.15, -0.1) is 0 Å². The number of rotatable bonds is 4. The number of amides is 2. The molecule has 2 aromatic carbocycles. The molecule has 0 aliphatic carbocycles. The number of carbonyl (C=O) groups excluding carboxylic acids is 1. The molecule has 2 heterocycles. The summed E-state index contributed by atoms with van der Waals surface area (Å²) < 4.78 is 32.3. The molecule has 2 aliphatic heterocycles. The molecule has 0 bridgehead atoms. The molecule has 1 N–H and O–H groups in total. The minimum atomic E-state index is -3.54. The molecule has 0 saturated carbocycles. The van der Waals surface area contributed by atoms with Crippen molar-refractivity contribution in [3.8, 4) is 5.75 Å². The van der Waals surface area contributed by atoms with E-state index < -0.39 is 10.0 Å². The normalized spacial score (nSPS) is 17.8. The Bertz CT molecular complexity index is 983. The maximum Gasteiger partial charge on any atom is 0.322 e. The van der Waals surface area contributed by atoms with E-state index in [1.165, 1.54) is 9.87 Å². The van der Waals surface area contributed by atoms with Crippen molar-refractivity contribution in [3.05, 3.63) is 54.1 Å². The highest BCUT2D eigenvalue weighted by Gasteiger charge is 2.31. The molecule has 0 spiro atoms. The predicted molar refractivity (Wildman–Crippen MR) is 111 cm³/mol. The van der Waals surface area contributed by atoms with Crippen molar-refractivity contribution in [2.75, 3.05) is 31.6 Å². The molecule has 0 aromatic heterocycles. The number of methoxy groups -OCH3 is 1. The number of anilines is 1. The number of fused-ring (bicyclic) bond motifs is 1. The van der Waals surface area contributed by atoms with Gasteiger partial charge in [-0.05, 0) is 55.2 Å². The van der Waals surface area contributed by atoms with Gasteiger partial charge in [-0.2, -0.15) is 4.31 Å². The minimum Gasteiger partial charge on any atom is -0.497 e. The van der Waals surface area contributed by atoms with Crippen molar-refractivity contribution < 1.29 is 17.9 Å². The maximum absolute atomic E-state index is 12.9. The smallest absolute Gasteiger partial charge is 0.322 e. The molecule has 1 saturated heterocycles. The van der Waals surface area contributed by atoms with Gasteiger partial charge in [0.25, 0.3) is 0 Å². The fraction of sp³-hybridized carbons (Fsp3) is 0.381. The number of nitrogens with one attached hydrogen (secondary N) is 1. The van der Waals surface area contributed by atoms with Crippen molar-refractivity contribution in [3.63, 3.8) is 0 Å². The van der Waals surface area contributed by atoms with Gasteiger partial charge in [-0.3, -0.25) is 4.90 Å². The summed E-state index contributed by atoms with van der Waals surface area (Å²) in [6.45, 7) is 1.45. The first-order chi connectivity index (χ1) is 14.0. The van der Waals surface area contributed by atoms with E-state index in [1.54, 1.807) is 36.3 Å². The van der Waals surface area contributed by atoms with Gasteiger partial charge in [0.15, 0.2) is 0 Å². The van der Waals surface area contributed by atoms with Crippen LogP contribution in [0.1, 0.15) is 18.4 Å². The van der Waals surface area contributed by atoms with Crippen LogP contribution in [0.15, 0.2) is 53.4 Å². The van der Waals surface area contributed by atoms with Crippen LogP contribution in [0.2, 0.25) is 0 Å². The average Bonchev–Trinajstić information content (AvgIpc) is 3.18. The number of sulfonamides is 1. The number of benzene rings is 2. The highest BCUT2D eigenvalue weighted by Crippen LogP contribution is 2.28. The Morgan fingerprint density at radius 2 is 1.72 bits per heavy atom. The standard InChI is InChI=1S/C21H25N3O4S/c1-28-18-6-8-19(9-7-18)29(26,27)23-13-11-17(12-14-23)22-21(25)24-15-10-16-4-2-3-5-20(16)24/h2-9,17H,10-15H2,1H3,(H,22,25). The van der Waals surface area contributed by atoms with E-state index in [0.717, 1.165) is 12.1 Å². The van der Waals surface area contributed by atoms with Crippen LogP contribution in [0.3, 0.4) is 0 Å². The molecule has 2 aliphatic rings. The fourth-order valence-corrected chi connectivity index (χ4v) is 5.41. The number of urea groups is 1. The Morgan fingerprint density at radius 1 is 1.03 bits per heavy atom. The zero-order valence-corrected chi connectivity index (χ0v) is 17.2. The first kappa shape index (κ1) is 19.7. The van der Waals surface area contributed by atoms with Crippen LogP contribution in [0.25, 0.3) is 0 Å².